The molecule has 18 heteroatoms. The Morgan fingerprint density at radius 2 is 1.41 bits per heavy atom. The van der Waals surface area contributed by atoms with E-state index in [0.717, 1.165) is 0 Å². The summed E-state index contributed by atoms with van der Waals surface area (Å²) in [4.78, 5) is 59.6. The topological polar surface area (TPSA) is 243 Å². The maximum absolute atomic E-state index is 13.1. The Balaban J connectivity index is 0.000000317. The lowest BCUT2D eigenvalue weighted by molar-refractivity contribution is 0.0644. The largest absolute Gasteiger partial charge is 0.476 e. The predicted octanol–water partition coefficient (Wildman–Crippen LogP) is 1.75. The van der Waals surface area contributed by atoms with Crippen LogP contribution in [0.4, 0.5) is 17.1 Å². The molecule has 0 aromatic carbocycles. The minimum absolute atomic E-state index is 0.0438. The third-order valence-electron chi connectivity index (χ3n) is 5.51. The van der Waals surface area contributed by atoms with Crippen molar-refractivity contribution in [2.24, 2.45) is 7.05 Å². The molecule has 0 aliphatic rings. The second-order valence-electron chi connectivity index (χ2n) is 10.1. The second-order valence-corrected chi connectivity index (χ2v) is 10.9. The summed E-state index contributed by atoms with van der Waals surface area (Å²) >= 11 is 3.01. The molecule has 0 radical (unpaired) electrons. The number of amides is 2. The standard InChI is InChI=1S/C18H21N9O3.C8H9BrN2O3/c1-18(2,30)17-22-7-11(24-10-5-20-9-21-6-10)13(26-17)15(28)25-12-8-23-27(4)14(12)16(29)19-3;1-8(2,14)7-10-3-4(9)5(11-7)6(12)13/h5-9,24,30H,1-4H3,(H,19,29)(H,25,28);3,14H,1-2H3,(H,12,13). The van der Waals surface area contributed by atoms with Gasteiger partial charge in [0.1, 0.15) is 23.2 Å². The zero-order valence-electron chi connectivity index (χ0n) is 24.5. The normalized spacial score (nSPS) is 11.2. The Bertz CT molecular complexity index is 1670. The molecule has 0 spiro atoms. The third kappa shape index (κ3) is 8.33. The number of carbonyl (C=O) groups is 3. The Kier molecular flexibility index (Phi) is 10.4. The van der Waals surface area contributed by atoms with Crippen LogP contribution in [0, 0.1) is 0 Å². The number of aromatic nitrogens is 8. The highest BCUT2D eigenvalue weighted by Crippen LogP contribution is 2.24. The molecular formula is C26H30BrN11O6. The van der Waals surface area contributed by atoms with Crippen molar-refractivity contribution in [3.63, 3.8) is 0 Å². The van der Waals surface area contributed by atoms with Crippen LogP contribution in [0.1, 0.15) is 70.8 Å². The lowest BCUT2D eigenvalue weighted by Crippen LogP contribution is -2.26. The summed E-state index contributed by atoms with van der Waals surface area (Å²) in [6.07, 6.45) is 8.45. The SMILES string of the molecule is CC(C)(O)c1ncc(Br)c(C(=O)O)n1.CNC(=O)c1c(NC(=O)c2nc(C(C)(C)O)ncc2Nc2cncnc2)cnn1C. The van der Waals surface area contributed by atoms with E-state index in [0.29, 0.717) is 5.69 Å². The van der Waals surface area contributed by atoms with Crippen molar-refractivity contribution in [1.29, 1.82) is 0 Å². The number of rotatable bonds is 8. The number of nitrogens with zero attached hydrogens (tertiary/aromatic N) is 8. The van der Waals surface area contributed by atoms with Crippen LogP contribution in [-0.2, 0) is 18.2 Å². The monoisotopic (exact) mass is 671 g/mol. The molecule has 0 aliphatic heterocycles. The Labute approximate surface area is 259 Å². The van der Waals surface area contributed by atoms with Crippen molar-refractivity contribution in [3.05, 3.63) is 70.5 Å². The average Bonchev–Trinajstić information content (AvgIpc) is 3.32. The highest BCUT2D eigenvalue weighted by Gasteiger charge is 2.26. The van der Waals surface area contributed by atoms with Crippen LogP contribution in [0.3, 0.4) is 0 Å². The summed E-state index contributed by atoms with van der Waals surface area (Å²) in [5.41, 5.74) is -1.66. The van der Waals surface area contributed by atoms with Gasteiger partial charge in [-0.3, -0.25) is 14.3 Å². The van der Waals surface area contributed by atoms with Gasteiger partial charge in [-0.15, -0.1) is 0 Å². The number of carboxylic acid groups (broad SMARTS) is 1. The van der Waals surface area contributed by atoms with Gasteiger partial charge in [0.15, 0.2) is 23.0 Å². The van der Waals surface area contributed by atoms with Crippen LogP contribution in [-0.4, -0.2) is 79.8 Å². The molecule has 44 heavy (non-hydrogen) atoms. The zero-order valence-corrected chi connectivity index (χ0v) is 26.1. The average molecular weight is 673 g/mol. The van der Waals surface area contributed by atoms with Gasteiger partial charge in [-0.1, -0.05) is 0 Å². The van der Waals surface area contributed by atoms with E-state index in [-0.39, 0.29) is 44.6 Å². The van der Waals surface area contributed by atoms with E-state index < -0.39 is 29.0 Å². The Morgan fingerprint density at radius 3 is 1.95 bits per heavy atom. The van der Waals surface area contributed by atoms with Crippen molar-refractivity contribution < 1.29 is 29.7 Å². The van der Waals surface area contributed by atoms with Gasteiger partial charge < -0.3 is 31.3 Å². The second kappa shape index (κ2) is 13.6. The summed E-state index contributed by atoms with van der Waals surface area (Å²) in [6.45, 7) is 5.99. The minimum atomic E-state index is -1.37. The number of anilines is 3. The molecule has 0 bridgehead atoms. The van der Waals surface area contributed by atoms with E-state index >= 15 is 0 Å². The molecular weight excluding hydrogens is 642 g/mol. The number of carbonyl (C=O) groups excluding carboxylic acids is 2. The van der Waals surface area contributed by atoms with E-state index in [1.54, 1.807) is 7.05 Å². The number of aliphatic hydroxyl groups is 2. The maximum atomic E-state index is 13.1. The highest BCUT2D eigenvalue weighted by atomic mass is 79.9. The number of aromatic carboxylic acids is 1. The first kappa shape index (κ1) is 33.6. The molecule has 17 nitrogen and oxygen atoms in total. The fraction of sp³-hybridized carbons (Fsp3) is 0.308. The molecule has 4 aromatic rings. The molecule has 232 valence electrons. The van der Waals surface area contributed by atoms with Gasteiger partial charge in [-0.2, -0.15) is 5.10 Å². The molecule has 0 unspecified atom stereocenters. The van der Waals surface area contributed by atoms with E-state index in [2.05, 4.69) is 66.9 Å². The smallest absolute Gasteiger partial charge is 0.355 e. The first-order chi connectivity index (χ1) is 20.5. The van der Waals surface area contributed by atoms with Crippen molar-refractivity contribution in [1.82, 2.24) is 45.0 Å². The lowest BCUT2D eigenvalue weighted by Gasteiger charge is -2.18. The molecule has 4 aromatic heterocycles. The van der Waals surface area contributed by atoms with E-state index in [1.165, 1.54) is 76.7 Å². The number of hydrogen-bond donors (Lipinski definition) is 6. The van der Waals surface area contributed by atoms with Crippen molar-refractivity contribution in [2.75, 3.05) is 17.7 Å². The quantitative estimate of drug-likeness (QED) is 0.156. The van der Waals surface area contributed by atoms with Gasteiger partial charge in [0.05, 0.1) is 46.3 Å². The molecule has 2 amide bonds. The third-order valence-corrected chi connectivity index (χ3v) is 6.09. The molecule has 0 saturated carbocycles. The molecule has 4 heterocycles. The molecule has 6 N–H and O–H groups in total. The molecule has 0 atom stereocenters. The van der Waals surface area contributed by atoms with Crippen molar-refractivity contribution >= 4 is 50.8 Å². The molecule has 0 saturated heterocycles. The molecule has 4 rings (SSSR count). The lowest BCUT2D eigenvalue weighted by atomic mass is 10.1. The van der Waals surface area contributed by atoms with Gasteiger partial charge in [0.2, 0.25) is 0 Å². The number of aryl methyl sites for hydroxylation is 1. The van der Waals surface area contributed by atoms with Gasteiger partial charge in [-0.25, -0.2) is 34.7 Å². The predicted molar refractivity (Wildman–Crippen MR) is 159 cm³/mol. The maximum Gasteiger partial charge on any atom is 0.355 e. The molecule has 0 aliphatic carbocycles. The van der Waals surface area contributed by atoms with E-state index in [1.807, 2.05) is 0 Å². The summed E-state index contributed by atoms with van der Waals surface area (Å²) in [6, 6.07) is 0. The van der Waals surface area contributed by atoms with Gasteiger partial charge in [0.25, 0.3) is 11.8 Å². The number of hydrogen-bond acceptors (Lipinski definition) is 13. The number of halogens is 1. The first-order valence-corrected chi connectivity index (χ1v) is 13.5. The van der Waals surface area contributed by atoms with Gasteiger partial charge >= 0.3 is 5.97 Å². The summed E-state index contributed by atoms with van der Waals surface area (Å²) < 4.78 is 1.63. The minimum Gasteiger partial charge on any atom is -0.476 e. The van der Waals surface area contributed by atoms with Crippen LogP contribution >= 0.6 is 15.9 Å². The van der Waals surface area contributed by atoms with Crippen LogP contribution in [0.25, 0.3) is 0 Å². The van der Waals surface area contributed by atoms with Crippen molar-refractivity contribution in [2.45, 2.75) is 38.9 Å². The summed E-state index contributed by atoms with van der Waals surface area (Å²) in [5, 5.41) is 40.7. The Hall–Kier alpha value is -4.94. The van der Waals surface area contributed by atoms with Crippen LogP contribution in [0.5, 0.6) is 0 Å². The van der Waals surface area contributed by atoms with Crippen LogP contribution < -0.4 is 16.0 Å². The van der Waals surface area contributed by atoms with E-state index in [9.17, 15) is 24.6 Å². The zero-order chi connectivity index (χ0) is 32.8. The van der Waals surface area contributed by atoms with Gasteiger partial charge in [0, 0.05) is 20.3 Å². The number of carboxylic acids is 1. The van der Waals surface area contributed by atoms with E-state index in [4.69, 9.17) is 5.11 Å². The van der Waals surface area contributed by atoms with Crippen LogP contribution in [0.15, 0.2) is 41.8 Å². The summed E-state index contributed by atoms with van der Waals surface area (Å²) in [7, 11) is 3.06. The van der Waals surface area contributed by atoms with Crippen molar-refractivity contribution in [3.8, 4) is 0 Å². The summed E-state index contributed by atoms with van der Waals surface area (Å²) in [5.74, 6) is -2.06. The highest BCUT2D eigenvalue weighted by molar-refractivity contribution is 9.10. The number of nitrogens with one attached hydrogen (secondary N) is 3. The fourth-order valence-electron chi connectivity index (χ4n) is 3.37. The van der Waals surface area contributed by atoms with Gasteiger partial charge in [-0.05, 0) is 43.6 Å². The fourth-order valence-corrected chi connectivity index (χ4v) is 3.73. The Morgan fingerprint density at radius 1 is 0.841 bits per heavy atom. The molecule has 0 fully saturated rings. The van der Waals surface area contributed by atoms with Crippen LogP contribution in [0.2, 0.25) is 0 Å². The first-order valence-electron chi connectivity index (χ1n) is 12.7.